The Morgan fingerprint density at radius 2 is 2.20 bits per heavy atom. The van der Waals surface area contributed by atoms with Crippen LogP contribution in [0.2, 0.25) is 0 Å². The molecule has 0 radical (unpaired) electrons. The van der Waals surface area contributed by atoms with Crippen molar-refractivity contribution in [2.75, 3.05) is 13.1 Å². The van der Waals surface area contributed by atoms with E-state index in [9.17, 15) is 4.79 Å². The van der Waals surface area contributed by atoms with E-state index in [1.807, 2.05) is 6.92 Å². The van der Waals surface area contributed by atoms with Crippen LogP contribution in [0.5, 0.6) is 0 Å². The molecule has 1 saturated carbocycles. The second kappa shape index (κ2) is 3.78. The van der Waals surface area contributed by atoms with Crippen LogP contribution in [-0.4, -0.2) is 36.0 Å². The molecule has 0 bridgehead atoms. The molecule has 2 aliphatic rings. The fourth-order valence-electron chi connectivity index (χ4n) is 2.56. The first-order valence-electron chi connectivity index (χ1n) is 6.11. The van der Waals surface area contributed by atoms with Gasteiger partial charge in [0, 0.05) is 37.0 Å². The number of nitrogens with zero attached hydrogens (tertiary/aromatic N) is 1. The molecule has 1 N–H and O–H groups in total. The molecule has 3 nitrogen and oxygen atoms in total. The average Bonchev–Trinajstić information content (AvgIpc) is 2.86. The first-order valence-corrected chi connectivity index (χ1v) is 6.11. The fraction of sp³-hybridized carbons (Fsp3) is 0.917. The van der Waals surface area contributed by atoms with Gasteiger partial charge in [-0.05, 0) is 26.7 Å². The van der Waals surface area contributed by atoms with Crippen molar-refractivity contribution in [3.05, 3.63) is 0 Å². The van der Waals surface area contributed by atoms with Crippen molar-refractivity contribution in [2.45, 2.75) is 52.1 Å². The highest BCUT2D eigenvalue weighted by atomic mass is 16.1. The Balaban J connectivity index is 1.97. The molecule has 0 aromatic rings. The van der Waals surface area contributed by atoms with Gasteiger partial charge in [0.05, 0.1) is 0 Å². The summed E-state index contributed by atoms with van der Waals surface area (Å²) in [7, 11) is 0. The second-order valence-corrected chi connectivity index (χ2v) is 5.36. The molecule has 1 spiro atoms. The van der Waals surface area contributed by atoms with E-state index in [-0.39, 0.29) is 5.91 Å². The lowest BCUT2D eigenvalue weighted by Crippen LogP contribution is -2.41. The van der Waals surface area contributed by atoms with Crippen molar-refractivity contribution in [1.82, 2.24) is 10.2 Å². The smallest absolute Gasteiger partial charge is 0.219 e. The van der Waals surface area contributed by atoms with Crippen LogP contribution in [0.25, 0.3) is 0 Å². The maximum absolute atomic E-state index is 11.4. The van der Waals surface area contributed by atoms with E-state index in [2.05, 4.69) is 24.1 Å². The molecular formula is C12H22N2O. The maximum Gasteiger partial charge on any atom is 0.219 e. The minimum Gasteiger partial charge on any atom is -0.351 e. The molecule has 1 heterocycles. The lowest BCUT2D eigenvalue weighted by atomic mass is 10.0. The molecule has 15 heavy (non-hydrogen) atoms. The van der Waals surface area contributed by atoms with Gasteiger partial charge in [0.1, 0.15) is 0 Å². The highest BCUT2D eigenvalue weighted by molar-refractivity contribution is 5.76. The zero-order chi connectivity index (χ0) is 11.1. The Morgan fingerprint density at radius 3 is 2.67 bits per heavy atom. The van der Waals surface area contributed by atoms with Crippen LogP contribution >= 0.6 is 0 Å². The monoisotopic (exact) mass is 210 g/mol. The Morgan fingerprint density at radius 1 is 1.53 bits per heavy atom. The SMILES string of the molecule is CCC(=O)N[C@H]1CN(C(C)C)CC12CC2. The van der Waals surface area contributed by atoms with Crippen molar-refractivity contribution < 1.29 is 4.79 Å². The number of hydrogen-bond donors (Lipinski definition) is 1. The van der Waals surface area contributed by atoms with Gasteiger partial charge in [-0.3, -0.25) is 9.69 Å². The third-order valence-electron chi connectivity index (χ3n) is 3.95. The Hall–Kier alpha value is -0.570. The molecule has 1 saturated heterocycles. The van der Waals surface area contributed by atoms with E-state index < -0.39 is 0 Å². The number of nitrogens with one attached hydrogen (secondary N) is 1. The summed E-state index contributed by atoms with van der Waals surface area (Å²) in [6.07, 6.45) is 3.20. The number of amides is 1. The Kier molecular flexibility index (Phi) is 2.75. The average molecular weight is 210 g/mol. The van der Waals surface area contributed by atoms with Crippen LogP contribution in [0.1, 0.15) is 40.0 Å². The van der Waals surface area contributed by atoms with Gasteiger partial charge in [0.2, 0.25) is 5.91 Å². The standard InChI is InChI=1S/C12H22N2O/c1-4-11(15)13-10-7-14(9(2)3)8-12(10)5-6-12/h9-10H,4-8H2,1-3H3,(H,13,15)/t10-/m0/s1. The molecule has 2 fully saturated rings. The van der Waals surface area contributed by atoms with Crippen molar-refractivity contribution in [3.8, 4) is 0 Å². The van der Waals surface area contributed by atoms with Gasteiger partial charge < -0.3 is 5.32 Å². The van der Waals surface area contributed by atoms with Crippen LogP contribution in [0.3, 0.4) is 0 Å². The van der Waals surface area contributed by atoms with Gasteiger partial charge in [0.15, 0.2) is 0 Å². The molecule has 1 amide bonds. The molecule has 0 aromatic heterocycles. The molecule has 0 unspecified atom stereocenters. The van der Waals surface area contributed by atoms with Crippen LogP contribution in [-0.2, 0) is 4.79 Å². The molecule has 2 rings (SSSR count). The normalized spacial score (nSPS) is 28.7. The quantitative estimate of drug-likeness (QED) is 0.763. The summed E-state index contributed by atoms with van der Waals surface area (Å²) in [5.74, 6) is 0.205. The number of carbonyl (C=O) groups excluding carboxylic acids is 1. The summed E-state index contributed by atoms with van der Waals surface area (Å²) in [5.41, 5.74) is 0.440. The number of rotatable bonds is 3. The topological polar surface area (TPSA) is 32.3 Å². The third-order valence-corrected chi connectivity index (χ3v) is 3.95. The van der Waals surface area contributed by atoms with Crippen molar-refractivity contribution in [2.24, 2.45) is 5.41 Å². The van der Waals surface area contributed by atoms with Crippen LogP contribution in [0, 0.1) is 5.41 Å². The van der Waals surface area contributed by atoms with Crippen LogP contribution in [0.15, 0.2) is 0 Å². The number of hydrogen-bond acceptors (Lipinski definition) is 2. The fourth-order valence-corrected chi connectivity index (χ4v) is 2.56. The van der Waals surface area contributed by atoms with Gasteiger partial charge in [-0.15, -0.1) is 0 Å². The molecule has 0 aromatic carbocycles. The predicted molar refractivity (Wildman–Crippen MR) is 60.6 cm³/mol. The third kappa shape index (κ3) is 2.03. The molecule has 86 valence electrons. The van der Waals surface area contributed by atoms with E-state index >= 15 is 0 Å². The van der Waals surface area contributed by atoms with E-state index in [1.165, 1.54) is 19.4 Å². The van der Waals surface area contributed by atoms with Gasteiger partial charge >= 0.3 is 0 Å². The van der Waals surface area contributed by atoms with E-state index in [0.29, 0.717) is 23.9 Å². The summed E-state index contributed by atoms with van der Waals surface area (Å²) in [6, 6.07) is 1.01. The van der Waals surface area contributed by atoms with Crippen molar-refractivity contribution >= 4 is 5.91 Å². The highest BCUT2D eigenvalue weighted by Gasteiger charge is 2.55. The Bertz CT molecular complexity index is 258. The van der Waals surface area contributed by atoms with Crippen LogP contribution in [0.4, 0.5) is 0 Å². The van der Waals surface area contributed by atoms with Gasteiger partial charge in [-0.2, -0.15) is 0 Å². The van der Waals surface area contributed by atoms with Gasteiger partial charge in [0.25, 0.3) is 0 Å². The summed E-state index contributed by atoms with van der Waals surface area (Å²) in [6.45, 7) is 8.62. The highest BCUT2D eigenvalue weighted by Crippen LogP contribution is 2.53. The second-order valence-electron chi connectivity index (χ2n) is 5.36. The summed E-state index contributed by atoms with van der Waals surface area (Å²) in [4.78, 5) is 13.9. The van der Waals surface area contributed by atoms with Gasteiger partial charge in [-0.1, -0.05) is 6.92 Å². The lowest BCUT2D eigenvalue weighted by Gasteiger charge is -2.20. The number of carbonyl (C=O) groups is 1. The summed E-state index contributed by atoms with van der Waals surface area (Å²) >= 11 is 0. The molecule has 1 aliphatic heterocycles. The summed E-state index contributed by atoms with van der Waals surface area (Å²) < 4.78 is 0. The van der Waals surface area contributed by atoms with Crippen molar-refractivity contribution in [1.29, 1.82) is 0 Å². The first kappa shape index (κ1) is 10.9. The minimum absolute atomic E-state index is 0.205. The lowest BCUT2D eigenvalue weighted by molar-refractivity contribution is -0.121. The summed E-state index contributed by atoms with van der Waals surface area (Å²) in [5, 5.41) is 3.19. The largest absolute Gasteiger partial charge is 0.351 e. The molecule has 1 aliphatic carbocycles. The molecule has 3 heteroatoms. The van der Waals surface area contributed by atoms with Crippen LogP contribution < -0.4 is 5.32 Å². The first-order chi connectivity index (χ1) is 7.07. The zero-order valence-corrected chi connectivity index (χ0v) is 10.0. The van der Waals surface area contributed by atoms with E-state index in [4.69, 9.17) is 0 Å². The Labute approximate surface area is 92.2 Å². The molecule has 1 atom stereocenters. The minimum atomic E-state index is 0.205. The van der Waals surface area contributed by atoms with Crippen molar-refractivity contribution in [3.63, 3.8) is 0 Å². The van der Waals surface area contributed by atoms with E-state index in [0.717, 1.165) is 6.54 Å². The maximum atomic E-state index is 11.4. The van der Waals surface area contributed by atoms with E-state index in [1.54, 1.807) is 0 Å². The predicted octanol–water partition coefficient (Wildman–Crippen LogP) is 1.39. The molecular weight excluding hydrogens is 188 g/mol. The number of likely N-dealkylation sites (tertiary alicyclic amines) is 1. The zero-order valence-electron chi connectivity index (χ0n) is 10.0. The van der Waals surface area contributed by atoms with Gasteiger partial charge in [-0.25, -0.2) is 0 Å².